The number of carbonyl (C=O) groups excluding carboxylic acids is 2. The normalized spacial score (nSPS) is 11.0. The molecule has 0 spiro atoms. The quantitative estimate of drug-likeness (QED) is 0.814. The monoisotopic (exact) mass is 350 g/mol. The Bertz CT molecular complexity index is 781. The highest BCUT2D eigenvalue weighted by Gasteiger charge is 2.16. The summed E-state index contributed by atoms with van der Waals surface area (Å²) in [6.45, 7) is 6.29. The lowest BCUT2D eigenvalue weighted by Crippen LogP contribution is -2.43. The molecule has 0 saturated carbocycles. The first kappa shape index (κ1) is 18.1. The highest BCUT2D eigenvalue weighted by atomic mass is 32.1. The molecule has 7 nitrogen and oxygen atoms in total. The first-order valence-electron chi connectivity index (χ1n) is 7.92. The third kappa shape index (κ3) is 4.41. The van der Waals surface area contributed by atoms with Crippen LogP contribution in [0, 0.1) is 0 Å². The topological polar surface area (TPSA) is 84.3 Å². The zero-order chi connectivity index (χ0) is 17.7. The van der Waals surface area contributed by atoms with Crippen molar-refractivity contribution >= 4 is 33.4 Å². The van der Waals surface area contributed by atoms with Crippen molar-refractivity contribution in [2.24, 2.45) is 0 Å². The Balaban J connectivity index is 1.98. The van der Waals surface area contributed by atoms with Gasteiger partial charge in [0, 0.05) is 25.6 Å². The number of aryl methyl sites for hydroxylation is 1. The van der Waals surface area contributed by atoms with E-state index in [0.29, 0.717) is 16.8 Å². The molecule has 0 radical (unpaired) electrons. The van der Waals surface area contributed by atoms with Crippen LogP contribution in [0.3, 0.4) is 0 Å². The highest BCUT2D eigenvalue weighted by molar-refractivity contribution is 7.16. The summed E-state index contributed by atoms with van der Waals surface area (Å²) in [5.41, 5.74) is -0.144. The van der Waals surface area contributed by atoms with Crippen molar-refractivity contribution in [3.05, 3.63) is 28.1 Å². The summed E-state index contributed by atoms with van der Waals surface area (Å²) in [5, 5.41) is 5.15. The van der Waals surface area contributed by atoms with Gasteiger partial charge in [0.1, 0.15) is 4.83 Å². The summed E-state index contributed by atoms with van der Waals surface area (Å²) in [6.07, 6.45) is 1.62. The Hall–Kier alpha value is -2.22. The molecule has 8 heteroatoms. The van der Waals surface area contributed by atoms with Gasteiger partial charge in [0.25, 0.3) is 5.56 Å². The van der Waals surface area contributed by atoms with Crippen molar-refractivity contribution in [2.45, 2.75) is 39.8 Å². The molecule has 0 aliphatic carbocycles. The maximum Gasteiger partial charge on any atom is 0.262 e. The van der Waals surface area contributed by atoms with Crippen molar-refractivity contribution in [2.75, 3.05) is 13.1 Å². The van der Waals surface area contributed by atoms with Crippen LogP contribution in [0.2, 0.25) is 0 Å². The second kappa shape index (κ2) is 8.05. The Labute approximate surface area is 144 Å². The van der Waals surface area contributed by atoms with Crippen LogP contribution in [0.1, 0.15) is 27.2 Å². The minimum Gasteiger partial charge on any atom is -0.352 e. The number of hydrogen-bond acceptors (Lipinski definition) is 5. The van der Waals surface area contributed by atoms with E-state index in [1.807, 2.05) is 26.2 Å². The minimum atomic E-state index is -0.182. The standard InChI is InChI=1S/C16H22N4O3S/c1-4-19(9-13(21)18-11(2)3)14(22)5-7-20-10-17-15-12(16(20)23)6-8-24-15/h6,8,10-11H,4-5,7,9H2,1-3H3,(H,18,21). The van der Waals surface area contributed by atoms with Gasteiger partial charge in [-0.3, -0.25) is 19.0 Å². The highest BCUT2D eigenvalue weighted by Crippen LogP contribution is 2.13. The summed E-state index contributed by atoms with van der Waals surface area (Å²) < 4.78 is 1.44. The molecule has 0 aliphatic rings. The molecule has 2 aromatic heterocycles. The number of thiophene rings is 1. The van der Waals surface area contributed by atoms with Crippen molar-refractivity contribution in [3.8, 4) is 0 Å². The predicted octanol–water partition coefficient (Wildman–Crippen LogP) is 1.22. The number of nitrogens with one attached hydrogen (secondary N) is 1. The first-order chi connectivity index (χ1) is 11.4. The van der Waals surface area contributed by atoms with Gasteiger partial charge in [0.2, 0.25) is 11.8 Å². The van der Waals surface area contributed by atoms with Crippen LogP contribution in [0.5, 0.6) is 0 Å². The van der Waals surface area contributed by atoms with Crippen LogP contribution < -0.4 is 10.9 Å². The average molecular weight is 350 g/mol. The van der Waals surface area contributed by atoms with Gasteiger partial charge in [-0.25, -0.2) is 4.98 Å². The Morgan fingerprint density at radius 3 is 2.83 bits per heavy atom. The second-order valence-corrected chi connectivity index (χ2v) is 6.66. The van der Waals surface area contributed by atoms with Crippen LogP contribution in [-0.4, -0.2) is 45.4 Å². The summed E-state index contributed by atoms with van der Waals surface area (Å²) in [4.78, 5) is 42.8. The van der Waals surface area contributed by atoms with Crippen molar-refractivity contribution < 1.29 is 9.59 Å². The third-order valence-corrected chi connectivity index (χ3v) is 4.36. The molecule has 2 rings (SSSR count). The lowest BCUT2D eigenvalue weighted by atomic mass is 10.3. The molecule has 0 unspecified atom stereocenters. The zero-order valence-electron chi connectivity index (χ0n) is 14.1. The number of rotatable bonds is 7. The fraction of sp³-hybridized carbons (Fsp3) is 0.500. The van der Waals surface area contributed by atoms with Crippen molar-refractivity contribution in [3.63, 3.8) is 0 Å². The molecule has 24 heavy (non-hydrogen) atoms. The molecule has 2 aromatic rings. The SMILES string of the molecule is CCN(CC(=O)NC(C)C)C(=O)CCn1cnc2sccc2c1=O. The van der Waals surface area contributed by atoms with Crippen molar-refractivity contribution in [1.29, 1.82) is 0 Å². The van der Waals surface area contributed by atoms with Gasteiger partial charge in [-0.15, -0.1) is 11.3 Å². The number of nitrogens with zero attached hydrogens (tertiary/aromatic N) is 3. The lowest BCUT2D eigenvalue weighted by Gasteiger charge is -2.21. The van der Waals surface area contributed by atoms with E-state index in [9.17, 15) is 14.4 Å². The van der Waals surface area contributed by atoms with Crippen LogP contribution in [-0.2, 0) is 16.1 Å². The number of fused-ring (bicyclic) bond motifs is 1. The zero-order valence-corrected chi connectivity index (χ0v) is 14.9. The molecule has 2 heterocycles. The molecular formula is C16H22N4O3S. The first-order valence-corrected chi connectivity index (χ1v) is 8.80. The number of amides is 2. The molecule has 1 N–H and O–H groups in total. The van der Waals surface area contributed by atoms with E-state index >= 15 is 0 Å². The molecular weight excluding hydrogens is 328 g/mol. The molecule has 0 saturated heterocycles. The molecule has 0 aliphatic heterocycles. The summed E-state index contributed by atoms with van der Waals surface area (Å²) >= 11 is 1.41. The van der Waals surface area contributed by atoms with Crippen LogP contribution in [0.15, 0.2) is 22.6 Å². The Kier molecular flexibility index (Phi) is 6.08. The Morgan fingerprint density at radius 1 is 1.42 bits per heavy atom. The van der Waals surface area contributed by atoms with Gasteiger partial charge >= 0.3 is 0 Å². The summed E-state index contributed by atoms with van der Waals surface area (Å²) in [5.74, 6) is -0.340. The molecule has 0 aromatic carbocycles. The van der Waals surface area contributed by atoms with Crippen LogP contribution in [0.25, 0.3) is 10.2 Å². The lowest BCUT2D eigenvalue weighted by molar-refractivity contribution is -0.136. The average Bonchev–Trinajstić information content (AvgIpc) is 3.00. The van der Waals surface area contributed by atoms with Gasteiger partial charge < -0.3 is 10.2 Å². The molecule has 0 fully saturated rings. The van der Waals surface area contributed by atoms with E-state index in [-0.39, 0.29) is 42.9 Å². The fourth-order valence-electron chi connectivity index (χ4n) is 2.34. The molecule has 130 valence electrons. The van der Waals surface area contributed by atoms with Gasteiger partial charge in [-0.1, -0.05) is 0 Å². The van der Waals surface area contributed by atoms with Gasteiger partial charge in [-0.05, 0) is 32.2 Å². The van der Waals surface area contributed by atoms with Gasteiger partial charge in [-0.2, -0.15) is 0 Å². The minimum absolute atomic E-state index is 0.0320. The Morgan fingerprint density at radius 2 is 2.17 bits per heavy atom. The fourth-order valence-corrected chi connectivity index (χ4v) is 3.07. The maximum absolute atomic E-state index is 12.3. The van der Waals surface area contributed by atoms with E-state index in [1.165, 1.54) is 27.1 Å². The summed E-state index contributed by atoms with van der Waals surface area (Å²) in [7, 11) is 0. The second-order valence-electron chi connectivity index (χ2n) is 5.76. The number of hydrogen-bond donors (Lipinski definition) is 1. The predicted molar refractivity (Wildman–Crippen MR) is 94.0 cm³/mol. The third-order valence-electron chi connectivity index (χ3n) is 3.54. The molecule has 0 bridgehead atoms. The van der Waals surface area contributed by atoms with E-state index in [2.05, 4.69) is 10.3 Å². The number of likely N-dealkylation sites (N-methyl/N-ethyl adjacent to an activating group) is 1. The molecule has 0 atom stereocenters. The smallest absolute Gasteiger partial charge is 0.262 e. The van der Waals surface area contributed by atoms with Gasteiger partial charge in [0.05, 0.1) is 18.3 Å². The van der Waals surface area contributed by atoms with Crippen LogP contribution >= 0.6 is 11.3 Å². The van der Waals surface area contributed by atoms with Crippen molar-refractivity contribution in [1.82, 2.24) is 19.8 Å². The van der Waals surface area contributed by atoms with Crippen LogP contribution in [0.4, 0.5) is 0 Å². The van der Waals surface area contributed by atoms with E-state index < -0.39 is 0 Å². The molecule has 2 amide bonds. The van der Waals surface area contributed by atoms with Gasteiger partial charge in [0.15, 0.2) is 0 Å². The number of carbonyl (C=O) groups is 2. The van der Waals surface area contributed by atoms with E-state index in [0.717, 1.165) is 0 Å². The van der Waals surface area contributed by atoms with E-state index in [1.54, 1.807) is 6.07 Å². The number of aromatic nitrogens is 2. The maximum atomic E-state index is 12.3. The largest absolute Gasteiger partial charge is 0.352 e. The van der Waals surface area contributed by atoms with E-state index in [4.69, 9.17) is 0 Å². The summed E-state index contributed by atoms with van der Waals surface area (Å²) in [6, 6.07) is 1.77.